The standard InChI is InChI=1S/C15H17BrN2O4S/c1-7-12(14(19)22-4)13(18-15(23)17-7)8-5-9(16)11(21-3)6-10(8)20-2/h5-6,13H,1-4H3,(H2,17,18,23)/t13-/m0/s1. The zero-order valence-electron chi connectivity index (χ0n) is 13.2. The molecule has 0 unspecified atom stereocenters. The summed E-state index contributed by atoms with van der Waals surface area (Å²) in [7, 11) is 4.47. The lowest BCUT2D eigenvalue weighted by Gasteiger charge is -2.30. The van der Waals surface area contributed by atoms with E-state index in [0.29, 0.717) is 27.9 Å². The summed E-state index contributed by atoms with van der Waals surface area (Å²) in [6.45, 7) is 1.78. The number of nitrogens with one attached hydrogen (secondary N) is 2. The smallest absolute Gasteiger partial charge is 0.337 e. The fraction of sp³-hybridized carbons (Fsp3) is 0.333. The van der Waals surface area contributed by atoms with E-state index in [1.165, 1.54) is 7.11 Å². The molecular formula is C15H17BrN2O4S. The average molecular weight is 401 g/mol. The Hall–Kier alpha value is -1.80. The minimum Gasteiger partial charge on any atom is -0.496 e. The fourth-order valence-electron chi connectivity index (χ4n) is 2.42. The van der Waals surface area contributed by atoms with Crippen molar-refractivity contribution in [3.05, 3.63) is 33.4 Å². The lowest BCUT2D eigenvalue weighted by molar-refractivity contribution is -0.136. The van der Waals surface area contributed by atoms with Crippen LogP contribution in [0.2, 0.25) is 0 Å². The Bertz CT molecular complexity index is 690. The van der Waals surface area contributed by atoms with E-state index in [1.54, 1.807) is 27.2 Å². The zero-order chi connectivity index (χ0) is 17.1. The first kappa shape index (κ1) is 17.6. The lowest BCUT2D eigenvalue weighted by Crippen LogP contribution is -2.45. The number of thiocarbonyl (C=S) groups is 1. The van der Waals surface area contributed by atoms with Gasteiger partial charge in [-0.05, 0) is 41.1 Å². The van der Waals surface area contributed by atoms with Crippen LogP contribution >= 0.6 is 28.1 Å². The summed E-state index contributed by atoms with van der Waals surface area (Å²) >= 11 is 8.66. The normalized spacial score (nSPS) is 17.3. The summed E-state index contributed by atoms with van der Waals surface area (Å²) in [5, 5.41) is 6.45. The van der Waals surface area contributed by atoms with Gasteiger partial charge in [0.05, 0.1) is 37.4 Å². The summed E-state index contributed by atoms with van der Waals surface area (Å²) in [5.74, 6) is 0.757. The molecule has 2 N–H and O–H groups in total. The molecule has 124 valence electrons. The van der Waals surface area contributed by atoms with Crippen LogP contribution in [0.4, 0.5) is 0 Å². The van der Waals surface area contributed by atoms with E-state index in [4.69, 9.17) is 26.4 Å². The lowest BCUT2D eigenvalue weighted by atomic mass is 9.94. The molecule has 1 heterocycles. The van der Waals surface area contributed by atoms with Crippen molar-refractivity contribution in [1.29, 1.82) is 0 Å². The molecule has 8 heteroatoms. The molecule has 0 spiro atoms. The molecule has 0 aliphatic carbocycles. The van der Waals surface area contributed by atoms with Gasteiger partial charge < -0.3 is 24.8 Å². The first-order valence-electron chi connectivity index (χ1n) is 6.71. The minimum atomic E-state index is -0.492. The molecule has 6 nitrogen and oxygen atoms in total. The molecule has 0 bridgehead atoms. The van der Waals surface area contributed by atoms with Gasteiger partial charge in [0.2, 0.25) is 0 Å². The van der Waals surface area contributed by atoms with E-state index in [-0.39, 0.29) is 0 Å². The SMILES string of the molecule is COC(=O)C1=C(C)NC(=S)N[C@H]1c1cc(Br)c(OC)cc1OC. The van der Waals surface area contributed by atoms with Crippen LogP contribution in [-0.4, -0.2) is 32.4 Å². The zero-order valence-corrected chi connectivity index (χ0v) is 15.6. The van der Waals surface area contributed by atoms with Crippen LogP contribution < -0.4 is 20.1 Å². The number of halogens is 1. The van der Waals surface area contributed by atoms with Gasteiger partial charge in [-0.2, -0.15) is 0 Å². The molecule has 0 radical (unpaired) electrons. The van der Waals surface area contributed by atoms with Crippen LogP contribution in [0.25, 0.3) is 0 Å². The number of carbonyl (C=O) groups is 1. The number of ether oxygens (including phenoxy) is 3. The third-order valence-electron chi connectivity index (χ3n) is 3.49. The van der Waals surface area contributed by atoms with Crippen molar-refractivity contribution in [2.24, 2.45) is 0 Å². The fourth-order valence-corrected chi connectivity index (χ4v) is 3.21. The highest BCUT2D eigenvalue weighted by atomic mass is 79.9. The van der Waals surface area contributed by atoms with Crippen LogP contribution in [-0.2, 0) is 9.53 Å². The molecule has 0 amide bonds. The Morgan fingerprint density at radius 2 is 1.87 bits per heavy atom. The number of methoxy groups -OCH3 is 3. The number of hydrogen-bond donors (Lipinski definition) is 2. The highest BCUT2D eigenvalue weighted by Gasteiger charge is 2.33. The summed E-state index contributed by atoms with van der Waals surface area (Å²) in [6.07, 6.45) is 0. The monoisotopic (exact) mass is 400 g/mol. The maximum absolute atomic E-state index is 12.2. The van der Waals surface area contributed by atoms with Crippen LogP contribution in [0.1, 0.15) is 18.5 Å². The molecule has 1 aromatic carbocycles. The molecule has 0 fully saturated rings. The molecule has 0 saturated heterocycles. The van der Waals surface area contributed by atoms with Crippen molar-refractivity contribution in [1.82, 2.24) is 10.6 Å². The van der Waals surface area contributed by atoms with E-state index >= 15 is 0 Å². The number of rotatable bonds is 4. The molecule has 0 aromatic heterocycles. The Labute approximate surface area is 148 Å². The van der Waals surface area contributed by atoms with E-state index < -0.39 is 12.0 Å². The van der Waals surface area contributed by atoms with Crippen molar-refractivity contribution < 1.29 is 19.0 Å². The predicted molar refractivity (Wildman–Crippen MR) is 93.6 cm³/mol. The Morgan fingerprint density at radius 3 is 2.43 bits per heavy atom. The molecule has 0 saturated carbocycles. The third-order valence-corrected chi connectivity index (χ3v) is 4.33. The van der Waals surface area contributed by atoms with Gasteiger partial charge in [0.15, 0.2) is 5.11 Å². The van der Waals surface area contributed by atoms with Gasteiger partial charge in [-0.15, -0.1) is 0 Å². The first-order chi connectivity index (χ1) is 10.9. The van der Waals surface area contributed by atoms with Crippen molar-refractivity contribution >= 4 is 39.2 Å². The van der Waals surface area contributed by atoms with Crippen molar-refractivity contribution in [2.45, 2.75) is 13.0 Å². The highest BCUT2D eigenvalue weighted by Crippen LogP contribution is 2.39. The summed E-state index contributed by atoms with van der Waals surface area (Å²) < 4.78 is 16.4. The third kappa shape index (κ3) is 3.42. The summed E-state index contributed by atoms with van der Waals surface area (Å²) in [4.78, 5) is 12.2. The molecule has 1 atom stereocenters. The van der Waals surface area contributed by atoms with Gasteiger partial charge in [-0.25, -0.2) is 4.79 Å². The van der Waals surface area contributed by atoms with E-state index in [1.807, 2.05) is 6.07 Å². The van der Waals surface area contributed by atoms with Crippen LogP contribution in [0.5, 0.6) is 11.5 Å². The maximum atomic E-state index is 12.2. The van der Waals surface area contributed by atoms with Gasteiger partial charge in [-0.1, -0.05) is 0 Å². The topological polar surface area (TPSA) is 68.8 Å². The van der Waals surface area contributed by atoms with E-state index in [9.17, 15) is 4.79 Å². The largest absolute Gasteiger partial charge is 0.496 e. The van der Waals surface area contributed by atoms with Crippen LogP contribution in [0.3, 0.4) is 0 Å². The first-order valence-corrected chi connectivity index (χ1v) is 7.91. The predicted octanol–water partition coefficient (Wildman–Crippen LogP) is 2.43. The molecule has 1 aliphatic heterocycles. The molecule has 1 aliphatic rings. The van der Waals surface area contributed by atoms with Gasteiger partial charge in [-0.3, -0.25) is 0 Å². The molecule has 23 heavy (non-hydrogen) atoms. The van der Waals surface area contributed by atoms with Gasteiger partial charge in [0.25, 0.3) is 0 Å². The maximum Gasteiger partial charge on any atom is 0.337 e. The second kappa shape index (κ2) is 7.18. The number of allylic oxidation sites excluding steroid dienone is 1. The minimum absolute atomic E-state index is 0.425. The molecule has 2 rings (SSSR count). The van der Waals surface area contributed by atoms with E-state index in [0.717, 1.165) is 10.0 Å². The van der Waals surface area contributed by atoms with Crippen molar-refractivity contribution in [2.75, 3.05) is 21.3 Å². The van der Waals surface area contributed by atoms with Gasteiger partial charge >= 0.3 is 5.97 Å². The molecule has 1 aromatic rings. The average Bonchev–Trinajstić information content (AvgIpc) is 2.53. The number of esters is 1. The number of carbonyl (C=O) groups excluding carboxylic acids is 1. The second-order valence-electron chi connectivity index (χ2n) is 4.79. The Balaban J connectivity index is 2.62. The Morgan fingerprint density at radius 1 is 1.22 bits per heavy atom. The summed E-state index contributed by atoms with van der Waals surface area (Å²) in [6, 6.07) is 3.09. The van der Waals surface area contributed by atoms with Crippen molar-refractivity contribution in [3.8, 4) is 11.5 Å². The van der Waals surface area contributed by atoms with Crippen LogP contribution in [0, 0.1) is 0 Å². The quantitative estimate of drug-likeness (QED) is 0.593. The van der Waals surface area contributed by atoms with E-state index in [2.05, 4.69) is 26.6 Å². The van der Waals surface area contributed by atoms with Gasteiger partial charge in [0.1, 0.15) is 11.5 Å². The number of hydrogen-bond acceptors (Lipinski definition) is 5. The van der Waals surface area contributed by atoms with Crippen molar-refractivity contribution in [3.63, 3.8) is 0 Å². The van der Waals surface area contributed by atoms with Gasteiger partial charge in [0, 0.05) is 17.3 Å². The second-order valence-corrected chi connectivity index (χ2v) is 6.05. The number of benzene rings is 1. The Kier molecular flexibility index (Phi) is 5.48. The molecular weight excluding hydrogens is 384 g/mol. The highest BCUT2D eigenvalue weighted by molar-refractivity contribution is 9.10. The van der Waals surface area contributed by atoms with Crippen LogP contribution in [0.15, 0.2) is 27.9 Å². The summed E-state index contributed by atoms with van der Waals surface area (Å²) in [5.41, 5.74) is 1.82.